The summed E-state index contributed by atoms with van der Waals surface area (Å²) >= 11 is 0. The van der Waals surface area contributed by atoms with Gasteiger partial charge in [0.05, 0.1) is 12.1 Å². The van der Waals surface area contributed by atoms with Crippen LogP contribution in [0.2, 0.25) is 0 Å². The van der Waals surface area contributed by atoms with Crippen LogP contribution in [0.5, 0.6) is 5.88 Å². The number of ketones is 1. The molecular formula is C24H24N4O3. The van der Waals surface area contributed by atoms with E-state index in [2.05, 4.69) is 10.2 Å². The molecule has 4 rings (SSSR count). The molecule has 1 aromatic heterocycles. The van der Waals surface area contributed by atoms with E-state index in [1.807, 2.05) is 43.3 Å². The molecule has 2 heterocycles. The van der Waals surface area contributed by atoms with Crippen molar-refractivity contribution in [3.8, 4) is 5.88 Å². The summed E-state index contributed by atoms with van der Waals surface area (Å²) in [6.07, 6.45) is 0.526. The Balaban J connectivity index is 1.46. The maximum absolute atomic E-state index is 13.2. The Bertz CT molecular complexity index is 1070. The number of aromatic nitrogens is 2. The van der Waals surface area contributed by atoms with Gasteiger partial charge in [-0.05, 0) is 12.1 Å². The van der Waals surface area contributed by atoms with Gasteiger partial charge in [-0.1, -0.05) is 48.5 Å². The second kappa shape index (κ2) is 8.95. The summed E-state index contributed by atoms with van der Waals surface area (Å²) in [6, 6.07) is 19.6. The molecule has 0 aliphatic carbocycles. The summed E-state index contributed by atoms with van der Waals surface area (Å²) in [5.74, 6) is 0.854. The van der Waals surface area contributed by atoms with Gasteiger partial charge in [-0.25, -0.2) is 0 Å². The van der Waals surface area contributed by atoms with Crippen molar-refractivity contribution in [1.29, 1.82) is 0 Å². The van der Waals surface area contributed by atoms with Gasteiger partial charge in [0, 0.05) is 44.3 Å². The molecule has 1 saturated heterocycles. The lowest BCUT2D eigenvalue weighted by Crippen LogP contribution is -2.32. The van der Waals surface area contributed by atoms with Gasteiger partial charge in [-0.15, -0.1) is 10.2 Å². The Morgan fingerprint density at radius 3 is 2.32 bits per heavy atom. The number of likely N-dealkylation sites (tertiary alicyclic amines) is 1. The number of rotatable bonds is 6. The monoisotopic (exact) mass is 416 g/mol. The molecule has 0 radical (unpaired) electrons. The van der Waals surface area contributed by atoms with Gasteiger partial charge in [0.25, 0.3) is 5.91 Å². The van der Waals surface area contributed by atoms with Crippen molar-refractivity contribution in [1.82, 2.24) is 15.1 Å². The molecule has 2 aromatic carbocycles. The maximum Gasteiger partial charge on any atom is 0.254 e. The molecule has 1 unspecified atom stereocenters. The highest BCUT2D eigenvalue weighted by atomic mass is 16.5. The van der Waals surface area contributed by atoms with Crippen LogP contribution in [0.1, 0.15) is 32.7 Å². The van der Waals surface area contributed by atoms with Crippen LogP contribution < -0.4 is 9.64 Å². The predicted molar refractivity (Wildman–Crippen MR) is 118 cm³/mol. The van der Waals surface area contributed by atoms with Gasteiger partial charge in [0.2, 0.25) is 5.88 Å². The number of hydrogen-bond acceptors (Lipinski definition) is 6. The minimum atomic E-state index is -0.167. The number of ether oxygens (including phenoxy) is 1. The van der Waals surface area contributed by atoms with E-state index in [1.165, 1.54) is 0 Å². The van der Waals surface area contributed by atoms with Crippen LogP contribution in [0.3, 0.4) is 0 Å². The second-order valence-corrected chi connectivity index (χ2v) is 7.64. The van der Waals surface area contributed by atoms with Crippen LogP contribution in [0, 0.1) is 0 Å². The number of anilines is 1. The third-order valence-corrected chi connectivity index (χ3v) is 5.24. The molecule has 1 aliphatic rings. The van der Waals surface area contributed by atoms with E-state index in [0.29, 0.717) is 42.1 Å². The molecular weight excluding hydrogens is 392 g/mol. The zero-order chi connectivity index (χ0) is 21.8. The van der Waals surface area contributed by atoms with Crippen molar-refractivity contribution in [3.63, 3.8) is 0 Å². The minimum Gasteiger partial charge on any atom is -0.471 e. The molecule has 31 heavy (non-hydrogen) atoms. The molecule has 0 N–H and O–H groups in total. The number of nitrogens with zero attached hydrogens (tertiary/aromatic N) is 4. The Kier molecular flexibility index (Phi) is 5.93. The summed E-state index contributed by atoms with van der Waals surface area (Å²) in [5, 5.41) is 8.22. The zero-order valence-corrected chi connectivity index (χ0v) is 17.6. The van der Waals surface area contributed by atoms with E-state index < -0.39 is 0 Å². The first-order chi connectivity index (χ1) is 15.0. The van der Waals surface area contributed by atoms with Gasteiger partial charge in [-0.3, -0.25) is 9.59 Å². The zero-order valence-electron chi connectivity index (χ0n) is 17.6. The van der Waals surface area contributed by atoms with Gasteiger partial charge in [0.1, 0.15) is 6.10 Å². The Labute approximate surface area is 181 Å². The standard InChI is InChI=1S/C24H24N4O3/c1-27(2)21-12-13-22(26-25-21)31-18-14-15-28(16-18)24(30)20-11-7-6-10-19(20)23(29)17-8-4-3-5-9-17/h3-13,18H,14-16H2,1-2H3. The largest absolute Gasteiger partial charge is 0.471 e. The van der Waals surface area contributed by atoms with Crippen LogP contribution in [0.4, 0.5) is 5.82 Å². The van der Waals surface area contributed by atoms with Gasteiger partial charge in [0.15, 0.2) is 11.6 Å². The summed E-state index contributed by atoms with van der Waals surface area (Å²) in [7, 11) is 3.79. The van der Waals surface area contributed by atoms with Crippen molar-refractivity contribution in [2.75, 3.05) is 32.1 Å². The third-order valence-electron chi connectivity index (χ3n) is 5.24. The molecule has 0 saturated carbocycles. The smallest absolute Gasteiger partial charge is 0.254 e. The molecule has 0 bridgehead atoms. The summed E-state index contributed by atoms with van der Waals surface area (Å²) < 4.78 is 5.92. The topological polar surface area (TPSA) is 75.6 Å². The van der Waals surface area contributed by atoms with E-state index in [0.717, 1.165) is 5.82 Å². The lowest BCUT2D eigenvalue weighted by atomic mass is 9.97. The number of hydrogen-bond donors (Lipinski definition) is 0. The maximum atomic E-state index is 13.2. The van der Waals surface area contributed by atoms with Crippen LogP contribution in [-0.4, -0.2) is 60.1 Å². The predicted octanol–water partition coefficient (Wildman–Crippen LogP) is 3.07. The van der Waals surface area contributed by atoms with Crippen LogP contribution in [0.15, 0.2) is 66.7 Å². The molecule has 0 spiro atoms. The number of benzene rings is 2. The highest BCUT2D eigenvalue weighted by Crippen LogP contribution is 2.22. The van der Waals surface area contributed by atoms with E-state index in [4.69, 9.17) is 4.74 Å². The molecule has 1 atom stereocenters. The fraction of sp³-hybridized carbons (Fsp3) is 0.250. The number of carbonyl (C=O) groups is 2. The molecule has 158 valence electrons. The number of amides is 1. The molecule has 1 fully saturated rings. The lowest BCUT2D eigenvalue weighted by molar-refractivity contribution is 0.0766. The molecule has 3 aromatic rings. The SMILES string of the molecule is CN(C)c1ccc(OC2CCN(C(=O)c3ccccc3C(=O)c3ccccc3)C2)nn1. The van der Waals surface area contributed by atoms with Crippen LogP contribution in [-0.2, 0) is 0 Å². The van der Waals surface area contributed by atoms with E-state index in [9.17, 15) is 9.59 Å². The van der Waals surface area contributed by atoms with Crippen molar-refractivity contribution in [2.24, 2.45) is 0 Å². The molecule has 1 aliphatic heterocycles. The lowest BCUT2D eigenvalue weighted by Gasteiger charge is -2.18. The van der Waals surface area contributed by atoms with E-state index in [-0.39, 0.29) is 17.8 Å². The van der Waals surface area contributed by atoms with Crippen LogP contribution in [0.25, 0.3) is 0 Å². The van der Waals surface area contributed by atoms with E-state index in [1.54, 1.807) is 47.4 Å². The number of carbonyl (C=O) groups excluding carboxylic acids is 2. The normalized spacial score (nSPS) is 15.5. The average molecular weight is 416 g/mol. The van der Waals surface area contributed by atoms with E-state index >= 15 is 0 Å². The minimum absolute atomic E-state index is 0.159. The average Bonchev–Trinajstić information content (AvgIpc) is 3.27. The Morgan fingerprint density at radius 1 is 0.935 bits per heavy atom. The van der Waals surface area contributed by atoms with Crippen molar-refractivity contribution in [2.45, 2.75) is 12.5 Å². The first-order valence-corrected chi connectivity index (χ1v) is 10.2. The summed E-state index contributed by atoms with van der Waals surface area (Å²) in [6.45, 7) is 0.990. The Morgan fingerprint density at radius 2 is 1.65 bits per heavy atom. The van der Waals surface area contributed by atoms with Crippen molar-refractivity contribution < 1.29 is 14.3 Å². The van der Waals surface area contributed by atoms with Gasteiger partial charge in [-0.2, -0.15) is 0 Å². The second-order valence-electron chi connectivity index (χ2n) is 7.64. The highest BCUT2D eigenvalue weighted by molar-refractivity contribution is 6.15. The first-order valence-electron chi connectivity index (χ1n) is 10.2. The first kappa shape index (κ1) is 20.5. The van der Waals surface area contributed by atoms with Crippen LogP contribution >= 0.6 is 0 Å². The fourth-order valence-electron chi connectivity index (χ4n) is 3.58. The molecule has 7 nitrogen and oxygen atoms in total. The Hall–Kier alpha value is -3.74. The fourth-order valence-corrected chi connectivity index (χ4v) is 3.58. The van der Waals surface area contributed by atoms with Gasteiger partial charge >= 0.3 is 0 Å². The summed E-state index contributed by atoms with van der Waals surface area (Å²) in [4.78, 5) is 29.7. The molecule has 7 heteroatoms. The summed E-state index contributed by atoms with van der Waals surface area (Å²) in [5.41, 5.74) is 1.38. The van der Waals surface area contributed by atoms with Gasteiger partial charge < -0.3 is 14.5 Å². The highest BCUT2D eigenvalue weighted by Gasteiger charge is 2.30. The van der Waals surface area contributed by atoms with Crippen molar-refractivity contribution >= 4 is 17.5 Å². The third kappa shape index (κ3) is 4.55. The van der Waals surface area contributed by atoms with Crippen molar-refractivity contribution in [3.05, 3.63) is 83.4 Å². The quantitative estimate of drug-likeness (QED) is 0.575. The molecule has 1 amide bonds.